The van der Waals surface area contributed by atoms with Gasteiger partial charge in [0.05, 0.1) is 19.2 Å². The van der Waals surface area contributed by atoms with E-state index in [0.29, 0.717) is 47.3 Å². The van der Waals surface area contributed by atoms with E-state index in [0.717, 1.165) is 11.1 Å². The van der Waals surface area contributed by atoms with E-state index < -0.39 is 5.91 Å². The van der Waals surface area contributed by atoms with Crippen LogP contribution in [0.1, 0.15) is 16.7 Å². The number of hydrogen-bond acceptors (Lipinski definition) is 6. The van der Waals surface area contributed by atoms with Gasteiger partial charge in [-0.1, -0.05) is 48.0 Å². The standard InChI is InChI=1S/C27H24N2O5/c1-17-7-9-18(10-8-17)24-25(28-20-11-12-22-23(15-20)34-14-13-33-22)27(31)29(26(24)30)16-19-5-3-4-6-21(19)32-2/h3-12,15,28H,13-14,16H2,1-2H3. The number of nitrogens with one attached hydrogen (secondary N) is 1. The van der Waals surface area contributed by atoms with Crippen LogP contribution in [0.25, 0.3) is 5.57 Å². The summed E-state index contributed by atoms with van der Waals surface area (Å²) in [5, 5.41) is 3.18. The van der Waals surface area contributed by atoms with Crippen LogP contribution in [-0.4, -0.2) is 37.0 Å². The summed E-state index contributed by atoms with van der Waals surface area (Å²) < 4.78 is 16.7. The van der Waals surface area contributed by atoms with Gasteiger partial charge < -0.3 is 19.5 Å². The lowest BCUT2D eigenvalue weighted by Crippen LogP contribution is -2.32. The molecule has 0 unspecified atom stereocenters. The van der Waals surface area contributed by atoms with Gasteiger partial charge in [0.25, 0.3) is 11.8 Å². The first-order valence-electron chi connectivity index (χ1n) is 11.0. The number of amides is 2. The third kappa shape index (κ3) is 3.96. The maximum Gasteiger partial charge on any atom is 0.278 e. The topological polar surface area (TPSA) is 77.1 Å². The lowest BCUT2D eigenvalue weighted by atomic mass is 10.0. The van der Waals surface area contributed by atoms with Crippen molar-refractivity contribution in [2.45, 2.75) is 13.5 Å². The lowest BCUT2D eigenvalue weighted by molar-refractivity contribution is -0.137. The van der Waals surface area contributed by atoms with Crippen molar-refractivity contribution in [2.24, 2.45) is 0 Å². The van der Waals surface area contributed by atoms with Crippen LogP contribution >= 0.6 is 0 Å². The third-order valence-electron chi connectivity index (χ3n) is 5.84. The van der Waals surface area contributed by atoms with Crippen molar-refractivity contribution in [1.29, 1.82) is 0 Å². The summed E-state index contributed by atoms with van der Waals surface area (Å²) in [5.41, 5.74) is 3.66. The molecule has 0 spiro atoms. The second-order valence-corrected chi connectivity index (χ2v) is 8.11. The molecular weight excluding hydrogens is 432 g/mol. The summed E-state index contributed by atoms with van der Waals surface area (Å²) in [7, 11) is 1.57. The zero-order valence-electron chi connectivity index (χ0n) is 19.0. The molecule has 2 aliphatic heterocycles. The van der Waals surface area contributed by atoms with E-state index in [-0.39, 0.29) is 18.1 Å². The molecule has 5 rings (SSSR count). The first-order valence-corrected chi connectivity index (χ1v) is 11.0. The molecule has 2 aliphatic rings. The van der Waals surface area contributed by atoms with Gasteiger partial charge in [-0.2, -0.15) is 0 Å². The van der Waals surface area contributed by atoms with Crippen molar-refractivity contribution in [3.8, 4) is 17.2 Å². The molecule has 0 saturated carbocycles. The van der Waals surface area contributed by atoms with Gasteiger partial charge in [0.2, 0.25) is 0 Å². The predicted octanol–water partition coefficient (Wildman–Crippen LogP) is 4.17. The van der Waals surface area contributed by atoms with Crippen LogP contribution in [0.5, 0.6) is 17.2 Å². The van der Waals surface area contributed by atoms with Crippen molar-refractivity contribution in [3.05, 3.63) is 89.1 Å². The third-order valence-corrected chi connectivity index (χ3v) is 5.84. The summed E-state index contributed by atoms with van der Waals surface area (Å²) in [4.78, 5) is 28.4. The number of methoxy groups -OCH3 is 1. The van der Waals surface area contributed by atoms with Crippen molar-refractivity contribution < 1.29 is 23.8 Å². The Labute approximate surface area is 197 Å². The first kappa shape index (κ1) is 21.6. The van der Waals surface area contributed by atoms with Crippen LogP contribution in [0, 0.1) is 6.92 Å². The monoisotopic (exact) mass is 456 g/mol. The average molecular weight is 456 g/mol. The van der Waals surface area contributed by atoms with Crippen LogP contribution in [0.4, 0.5) is 5.69 Å². The maximum atomic E-state index is 13.6. The van der Waals surface area contributed by atoms with E-state index >= 15 is 0 Å². The average Bonchev–Trinajstić information content (AvgIpc) is 3.09. The molecule has 0 atom stereocenters. The number of fused-ring (bicyclic) bond motifs is 1. The van der Waals surface area contributed by atoms with Gasteiger partial charge in [0.15, 0.2) is 11.5 Å². The Kier molecular flexibility index (Phi) is 5.67. The molecule has 7 nitrogen and oxygen atoms in total. The summed E-state index contributed by atoms with van der Waals surface area (Å²) in [6.45, 7) is 3.02. The second-order valence-electron chi connectivity index (χ2n) is 8.11. The summed E-state index contributed by atoms with van der Waals surface area (Å²) in [5.74, 6) is 1.10. The fraction of sp³-hybridized carbons (Fsp3) is 0.185. The quantitative estimate of drug-likeness (QED) is 0.561. The Hall–Kier alpha value is -4.26. The molecule has 0 saturated heterocycles. The summed E-state index contributed by atoms with van der Waals surface area (Å²) >= 11 is 0. The van der Waals surface area contributed by atoms with E-state index in [2.05, 4.69) is 5.32 Å². The van der Waals surface area contributed by atoms with Crippen molar-refractivity contribution in [3.63, 3.8) is 0 Å². The highest BCUT2D eigenvalue weighted by Gasteiger charge is 2.39. The molecule has 2 amide bonds. The van der Waals surface area contributed by atoms with Gasteiger partial charge in [-0.05, 0) is 30.7 Å². The normalized spacial score (nSPS) is 15.1. The van der Waals surface area contributed by atoms with E-state index in [4.69, 9.17) is 14.2 Å². The van der Waals surface area contributed by atoms with Crippen molar-refractivity contribution in [2.75, 3.05) is 25.6 Å². The Bertz CT molecular complexity index is 1300. The van der Waals surface area contributed by atoms with Crippen LogP contribution < -0.4 is 19.5 Å². The Balaban J connectivity index is 1.53. The van der Waals surface area contributed by atoms with Crippen LogP contribution in [0.2, 0.25) is 0 Å². The molecule has 2 heterocycles. The number of aryl methyl sites for hydroxylation is 1. The number of nitrogens with zero attached hydrogens (tertiary/aromatic N) is 1. The molecule has 34 heavy (non-hydrogen) atoms. The highest BCUT2D eigenvalue weighted by atomic mass is 16.6. The second kappa shape index (κ2) is 8.94. The summed E-state index contributed by atoms with van der Waals surface area (Å²) in [6.07, 6.45) is 0. The number of benzene rings is 3. The van der Waals surface area contributed by atoms with Gasteiger partial charge in [-0.25, -0.2) is 0 Å². The van der Waals surface area contributed by atoms with Crippen LogP contribution in [0.3, 0.4) is 0 Å². The minimum Gasteiger partial charge on any atom is -0.496 e. The van der Waals surface area contributed by atoms with Gasteiger partial charge in [0, 0.05) is 17.3 Å². The number of ether oxygens (including phenoxy) is 3. The molecule has 0 aromatic heterocycles. The fourth-order valence-corrected chi connectivity index (χ4v) is 4.09. The first-order chi connectivity index (χ1) is 16.5. The van der Waals surface area contributed by atoms with E-state index in [1.54, 1.807) is 25.3 Å². The molecule has 1 N–H and O–H groups in total. The molecule has 0 radical (unpaired) electrons. The highest BCUT2D eigenvalue weighted by molar-refractivity contribution is 6.36. The minimum absolute atomic E-state index is 0.101. The van der Waals surface area contributed by atoms with Gasteiger partial charge >= 0.3 is 0 Å². The molecule has 172 valence electrons. The zero-order chi connectivity index (χ0) is 23.7. The number of hydrogen-bond donors (Lipinski definition) is 1. The van der Waals surface area contributed by atoms with Crippen LogP contribution in [-0.2, 0) is 16.1 Å². The minimum atomic E-state index is -0.402. The molecular formula is C27H24N2O5. The number of anilines is 1. The van der Waals surface area contributed by atoms with E-state index in [1.807, 2.05) is 55.5 Å². The molecule has 3 aromatic rings. The Morgan fingerprint density at radius 3 is 2.41 bits per heavy atom. The molecule has 3 aromatic carbocycles. The Morgan fingerprint density at radius 1 is 0.912 bits per heavy atom. The summed E-state index contributed by atoms with van der Waals surface area (Å²) in [6, 6.07) is 20.3. The van der Waals surface area contributed by atoms with E-state index in [1.165, 1.54) is 4.90 Å². The highest BCUT2D eigenvalue weighted by Crippen LogP contribution is 2.36. The van der Waals surface area contributed by atoms with Crippen molar-refractivity contribution in [1.82, 2.24) is 4.90 Å². The number of imide groups is 1. The largest absolute Gasteiger partial charge is 0.496 e. The molecule has 0 bridgehead atoms. The van der Waals surface area contributed by atoms with Gasteiger partial charge in [-0.3, -0.25) is 14.5 Å². The molecule has 7 heteroatoms. The number of carbonyl (C=O) groups excluding carboxylic acids is 2. The maximum absolute atomic E-state index is 13.6. The van der Waals surface area contributed by atoms with Crippen LogP contribution in [0.15, 0.2) is 72.4 Å². The number of carbonyl (C=O) groups is 2. The SMILES string of the molecule is COc1ccccc1CN1C(=O)C(Nc2ccc3c(c2)OCCO3)=C(c2ccc(C)cc2)C1=O. The number of para-hydroxylation sites is 1. The smallest absolute Gasteiger partial charge is 0.278 e. The fourth-order valence-electron chi connectivity index (χ4n) is 4.09. The molecule has 0 fully saturated rings. The van der Waals surface area contributed by atoms with Gasteiger partial charge in [-0.15, -0.1) is 0 Å². The zero-order valence-corrected chi connectivity index (χ0v) is 19.0. The van der Waals surface area contributed by atoms with Crippen molar-refractivity contribution >= 4 is 23.1 Å². The molecule has 0 aliphatic carbocycles. The lowest BCUT2D eigenvalue weighted by Gasteiger charge is -2.19. The Morgan fingerprint density at radius 2 is 1.65 bits per heavy atom. The van der Waals surface area contributed by atoms with Gasteiger partial charge in [0.1, 0.15) is 24.7 Å². The van der Waals surface area contributed by atoms with E-state index in [9.17, 15) is 9.59 Å². The number of rotatable bonds is 6. The predicted molar refractivity (Wildman–Crippen MR) is 128 cm³/mol.